The molecule has 3 fully saturated rings. The summed E-state index contributed by atoms with van der Waals surface area (Å²) >= 11 is 0. The first-order valence-electron chi connectivity index (χ1n) is 7.68. The van der Waals surface area contributed by atoms with Gasteiger partial charge in [-0.15, -0.1) is 0 Å². The highest BCUT2D eigenvalue weighted by Crippen LogP contribution is 2.57. The summed E-state index contributed by atoms with van der Waals surface area (Å²) in [6.45, 7) is 5.21. The van der Waals surface area contributed by atoms with E-state index < -0.39 is 0 Å². The summed E-state index contributed by atoms with van der Waals surface area (Å²) < 4.78 is 0. The fourth-order valence-electron chi connectivity index (χ4n) is 5.35. The first-order valence-corrected chi connectivity index (χ1v) is 7.68. The van der Waals surface area contributed by atoms with Crippen LogP contribution >= 0.6 is 0 Å². The molecule has 3 aliphatic rings. The van der Waals surface area contributed by atoms with Gasteiger partial charge in [0.05, 0.1) is 0 Å². The van der Waals surface area contributed by atoms with Gasteiger partial charge in [-0.3, -0.25) is 0 Å². The largest absolute Gasteiger partial charge is 0.0594 e. The molecule has 0 heteroatoms. The lowest BCUT2D eigenvalue weighted by atomic mass is 9.64. The van der Waals surface area contributed by atoms with Gasteiger partial charge in [-0.2, -0.15) is 0 Å². The van der Waals surface area contributed by atoms with Gasteiger partial charge in [0.1, 0.15) is 0 Å². The third-order valence-corrected chi connectivity index (χ3v) is 6.34. The van der Waals surface area contributed by atoms with Crippen LogP contribution in [0.5, 0.6) is 0 Å². The Kier molecular flexibility index (Phi) is 2.80. The van der Waals surface area contributed by atoms with Crippen molar-refractivity contribution in [3.63, 3.8) is 0 Å². The van der Waals surface area contributed by atoms with E-state index in [0.717, 1.165) is 23.7 Å². The summed E-state index contributed by atoms with van der Waals surface area (Å²) in [6, 6.07) is 0. The molecule has 3 aliphatic carbocycles. The number of fused-ring (bicyclic) bond motifs is 2. The second-order valence-corrected chi connectivity index (χ2v) is 7.44. The lowest BCUT2D eigenvalue weighted by Gasteiger charge is -2.41. The fourth-order valence-corrected chi connectivity index (χ4v) is 5.35. The Morgan fingerprint density at radius 2 is 1.56 bits per heavy atom. The van der Waals surface area contributed by atoms with Gasteiger partial charge in [0.15, 0.2) is 0 Å². The van der Waals surface area contributed by atoms with Crippen molar-refractivity contribution in [2.75, 3.05) is 0 Å². The van der Waals surface area contributed by atoms with Gasteiger partial charge in [-0.1, -0.05) is 46.0 Å². The monoisotopic (exact) mass is 220 g/mol. The molecule has 92 valence electrons. The average Bonchev–Trinajstić information content (AvgIpc) is 2.87. The van der Waals surface area contributed by atoms with Crippen LogP contribution in [0.1, 0.15) is 71.6 Å². The van der Waals surface area contributed by atoms with E-state index in [1.807, 2.05) is 0 Å². The lowest BCUT2D eigenvalue weighted by molar-refractivity contribution is 0.0844. The summed E-state index contributed by atoms with van der Waals surface area (Å²) in [5.41, 5.74) is 0.653. The van der Waals surface area contributed by atoms with Gasteiger partial charge in [0, 0.05) is 0 Å². The van der Waals surface area contributed by atoms with E-state index in [9.17, 15) is 0 Å². The van der Waals surface area contributed by atoms with E-state index in [-0.39, 0.29) is 0 Å². The Balaban J connectivity index is 1.75. The van der Waals surface area contributed by atoms with Gasteiger partial charge < -0.3 is 0 Å². The summed E-state index contributed by atoms with van der Waals surface area (Å²) in [5, 5.41) is 0. The van der Waals surface area contributed by atoms with E-state index in [0.29, 0.717) is 5.41 Å². The molecule has 3 rings (SSSR count). The van der Waals surface area contributed by atoms with Crippen LogP contribution in [0.25, 0.3) is 0 Å². The molecule has 0 radical (unpaired) electrons. The second kappa shape index (κ2) is 4.03. The summed E-state index contributed by atoms with van der Waals surface area (Å²) in [6.07, 6.45) is 13.9. The Hall–Kier alpha value is 0. The van der Waals surface area contributed by atoms with Crippen LogP contribution in [0.3, 0.4) is 0 Å². The number of hydrogen-bond donors (Lipinski definition) is 0. The second-order valence-electron chi connectivity index (χ2n) is 7.44. The molecule has 16 heavy (non-hydrogen) atoms. The standard InChI is InChI=1S/C16H28/c1-16(2,14-8-3-4-9-14)15-11-12-6-5-7-13(15)10-12/h12-15H,3-11H2,1-2H3. The molecule has 2 bridgehead atoms. The predicted octanol–water partition coefficient (Wildman–Crippen LogP) is 5.03. The topological polar surface area (TPSA) is 0 Å². The molecule has 0 nitrogen and oxygen atoms in total. The lowest BCUT2D eigenvalue weighted by Crippen LogP contribution is -2.33. The molecule has 0 saturated heterocycles. The van der Waals surface area contributed by atoms with Crippen molar-refractivity contribution < 1.29 is 0 Å². The van der Waals surface area contributed by atoms with Gasteiger partial charge in [0.25, 0.3) is 0 Å². The zero-order valence-electron chi connectivity index (χ0n) is 11.2. The van der Waals surface area contributed by atoms with Crippen molar-refractivity contribution in [2.45, 2.75) is 71.6 Å². The van der Waals surface area contributed by atoms with Crippen molar-refractivity contribution >= 4 is 0 Å². The van der Waals surface area contributed by atoms with Crippen molar-refractivity contribution in [1.29, 1.82) is 0 Å². The minimum atomic E-state index is 0.653. The summed E-state index contributed by atoms with van der Waals surface area (Å²) in [7, 11) is 0. The van der Waals surface area contributed by atoms with Crippen molar-refractivity contribution in [1.82, 2.24) is 0 Å². The number of rotatable bonds is 2. The molecule has 0 N–H and O–H groups in total. The maximum absolute atomic E-state index is 2.61. The highest BCUT2D eigenvalue weighted by molar-refractivity contribution is 4.97. The van der Waals surface area contributed by atoms with Gasteiger partial charge >= 0.3 is 0 Å². The zero-order valence-corrected chi connectivity index (χ0v) is 11.2. The van der Waals surface area contributed by atoms with E-state index in [1.54, 1.807) is 25.7 Å². The van der Waals surface area contributed by atoms with Crippen LogP contribution in [0.2, 0.25) is 0 Å². The molecular weight excluding hydrogens is 192 g/mol. The highest BCUT2D eigenvalue weighted by atomic mass is 14.5. The predicted molar refractivity (Wildman–Crippen MR) is 69.3 cm³/mol. The first kappa shape index (κ1) is 11.1. The van der Waals surface area contributed by atoms with E-state index in [4.69, 9.17) is 0 Å². The maximum Gasteiger partial charge on any atom is -0.0295 e. The van der Waals surface area contributed by atoms with Crippen LogP contribution < -0.4 is 0 Å². The van der Waals surface area contributed by atoms with Crippen molar-refractivity contribution in [3.05, 3.63) is 0 Å². The first-order chi connectivity index (χ1) is 7.68. The van der Waals surface area contributed by atoms with Crippen LogP contribution in [-0.2, 0) is 0 Å². The quantitative estimate of drug-likeness (QED) is 0.612. The molecule has 0 amide bonds. The minimum Gasteiger partial charge on any atom is -0.0594 e. The van der Waals surface area contributed by atoms with Crippen molar-refractivity contribution in [2.24, 2.45) is 29.1 Å². The van der Waals surface area contributed by atoms with Crippen LogP contribution in [-0.4, -0.2) is 0 Å². The molecule has 0 aliphatic heterocycles. The third-order valence-electron chi connectivity index (χ3n) is 6.34. The average molecular weight is 220 g/mol. The smallest absolute Gasteiger partial charge is 0.0295 e. The molecule has 0 spiro atoms. The fraction of sp³-hybridized carbons (Fsp3) is 1.00. The Labute approximate surface area is 101 Å². The highest BCUT2D eigenvalue weighted by Gasteiger charge is 2.47. The maximum atomic E-state index is 2.61. The van der Waals surface area contributed by atoms with Gasteiger partial charge in [-0.05, 0) is 54.8 Å². The SMILES string of the molecule is CC(C)(C1CCCC1)C1CC2CCCC1C2. The molecular formula is C16H28. The van der Waals surface area contributed by atoms with Gasteiger partial charge in [-0.25, -0.2) is 0 Å². The molecule has 0 aromatic carbocycles. The Bertz CT molecular complexity index is 247. The summed E-state index contributed by atoms with van der Waals surface area (Å²) in [5.74, 6) is 4.35. The molecule has 3 unspecified atom stereocenters. The summed E-state index contributed by atoms with van der Waals surface area (Å²) in [4.78, 5) is 0. The molecule has 0 aromatic rings. The Morgan fingerprint density at radius 3 is 2.25 bits per heavy atom. The molecule has 0 aromatic heterocycles. The normalized spacial score (nSPS) is 40.5. The third kappa shape index (κ3) is 1.73. The zero-order chi connectivity index (χ0) is 11.2. The van der Waals surface area contributed by atoms with E-state index in [2.05, 4.69) is 13.8 Å². The molecule has 3 atom stereocenters. The van der Waals surface area contributed by atoms with Crippen molar-refractivity contribution in [3.8, 4) is 0 Å². The number of hydrogen-bond acceptors (Lipinski definition) is 0. The van der Waals surface area contributed by atoms with E-state index >= 15 is 0 Å². The van der Waals surface area contributed by atoms with Crippen LogP contribution in [0.4, 0.5) is 0 Å². The minimum absolute atomic E-state index is 0.653. The van der Waals surface area contributed by atoms with E-state index in [1.165, 1.54) is 32.1 Å². The van der Waals surface area contributed by atoms with Gasteiger partial charge in [0.2, 0.25) is 0 Å². The van der Waals surface area contributed by atoms with Crippen LogP contribution in [0.15, 0.2) is 0 Å². The molecule has 0 heterocycles. The Morgan fingerprint density at radius 1 is 0.812 bits per heavy atom. The molecule has 3 saturated carbocycles. The van der Waals surface area contributed by atoms with Crippen LogP contribution in [0, 0.1) is 29.1 Å².